The zero-order chi connectivity index (χ0) is 12.1. The molecule has 0 aliphatic carbocycles. The van der Waals surface area contributed by atoms with Gasteiger partial charge in [-0.2, -0.15) is 13.2 Å². The molecule has 0 amide bonds. The Balaban J connectivity index is 3.96. The van der Waals surface area contributed by atoms with Gasteiger partial charge in [-0.3, -0.25) is 0 Å². The Labute approximate surface area is 87.1 Å². The zero-order valence-electron chi connectivity index (χ0n) is 8.34. The van der Waals surface area contributed by atoms with Crippen LogP contribution < -0.4 is 10.5 Å². The van der Waals surface area contributed by atoms with Crippen molar-refractivity contribution in [3.05, 3.63) is 0 Å². The first-order valence-electron chi connectivity index (χ1n) is 4.43. The molecule has 0 unspecified atom stereocenters. The zero-order valence-corrected chi connectivity index (χ0v) is 9.16. The van der Waals surface area contributed by atoms with E-state index in [-0.39, 0.29) is 6.54 Å². The standard InChI is InChI=1S/C7H15F3N2O2S/c1-6(5-11)12-15(13,14)4-2-3-7(8,9)10/h6,12H,2-5,11H2,1H3/t6-/m1/s1. The van der Waals surface area contributed by atoms with Crippen LogP contribution in [0, 0.1) is 0 Å². The van der Waals surface area contributed by atoms with E-state index in [4.69, 9.17) is 5.73 Å². The second kappa shape index (κ2) is 5.66. The van der Waals surface area contributed by atoms with E-state index in [9.17, 15) is 21.6 Å². The number of halogens is 3. The van der Waals surface area contributed by atoms with Gasteiger partial charge >= 0.3 is 6.18 Å². The maximum absolute atomic E-state index is 11.7. The summed E-state index contributed by atoms with van der Waals surface area (Å²) in [6.45, 7) is 1.65. The number of hydrogen-bond acceptors (Lipinski definition) is 3. The topological polar surface area (TPSA) is 72.2 Å². The first-order valence-corrected chi connectivity index (χ1v) is 6.08. The average molecular weight is 248 g/mol. The van der Waals surface area contributed by atoms with Crippen LogP contribution >= 0.6 is 0 Å². The van der Waals surface area contributed by atoms with E-state index in [1.165, 1.54) is 0 Å². The van der Waals surface area contributed by atoms with Crippen molar-refractivity contribution in [2.75, 3.05) is 12.3 Å². The van der Waals surface area contributed by atoms with Crippen molar-refractivity contribution in [1.82, 2.24) is 4.72 Å². The number of hydrogen-bond donors (Lipinski definition) is 2. The van der Waals surface area contributed by atoms with Crippen LogP contribution in [-0.4, -0.2) is 32.9 Å². The minimum absolute atomic E-state index is 0.110. The molecule has 0 radical (unpaired) electrons. The van der Waals surface area contributed by atoms with E-state index in [2.05, 4.69) is 4.72 Å². The first kappa shape index (κ1) is 14.7. The fourth-order valence-electron chi connectivity index (χ4n) is 0.876. The molecule has 3 N–H and O–H groups in total. The summed E-state index contributed by atoms with van der Waals surface area (Å²) in [5.41, 5.74) is 5.17. The van der Waals surface area contributed by atoms with E-state index < -0.39 is 40.8 Å². The molecule has 92 valence electrons. The summed E-state index contributed by atoms with van der Waals surface area (Å²) in [5, 5.41) is 0. The van der Waals surface area contributed by atoms with Gasteiger partial charge in [-0.25, -0.2) is 13.1 Å². The molecule has 0 rings (SSSR count). The molecule has 0 aromatic rings. The second-order valence-electron chi connectivity index (χ2n) is 3.29. The molecule has 8 heteroatoms. The van der Waals surface area contributed by atoms with Gasteiger partial charge in [-0.1, -0.05) is 0 Å². The molecule has 0 aliphatic rings. The number of alkyl halides is 3. The van der Waals surface area contributed by atoms with E-state index in [0.29, 0.717) is 0 Å². The predicted molar refractivity (Wildman–Crippen MR) is 50.7 cm³/mol. The fourth-order valence-corrected chi connectivity index (χ4v) is 2.23. The van der Waals surface area contributed by atoms with Crippen LogP contribution in [0.25, 0.3) is 0 Å². The number of nitrogens with one attached hydrogen (secondary N) is 1. The fraction of sp³-hybridized carbons (Fsp3) is 1.00. The van der Waals surface area contributed by atoms with Crippen molar-refractivity contribution in [2.45, 2.75) is 32.0 Å². The third kappa shape index (κ3) is 8.64. The third-order valence-corrected chi connectivity index (χ3v) is 3.20. The average Bonchev–Trinajstić information content (AvgIpc) is 2.00. The Morgan fingerprint density at radius 1 is 1.40 bits per heavy atom. The molecule has 0 aliphatic heterocycles. The van der Waals surface area contributed by atoms with Crippen molar-refractivity contribution >= 4 is 10.0 Å². The summed E-state index contributed by atoms with van der Waals surface area (Å²) in [4.78, 5) is 0. The molecular formula is C7H15F3N2O2S. The highest BCUT2D eigenvalue weighted by atomic mass is 32.2. The number of nitrogens with two attached hydrogens (primary N) is 1. The minimum atomic E-state index is -4.31. The Hall–Kier alpha value is -0.340. The summed E-state index contributed by atoms with van der Waals surface area (Å²) in [6.07, 6.45) is -5.84. The second-order valence-corrected chi connectivity index (χ2v) is 5.17. The third-order valence-electron chi connectivity index (χ3n) is 1.61. The number of sulfonamides is 1. The van der Waals surface area contributed by atoms with Gasteiger partial charge in [-0.15, -0.1) is 0 Å². The van der Waals surface area contributed by atoms with E-state index >= 15 is 0 Å². The van der Waals surface area contributed by atoms with Gasteiger partial charge in [-0.05, 0) is 13.3 Å². The van der Waals surface area contributed by atoms with Crippen LogP contribution in [0.3, 0.4) is 0 Å². The van der Waals surface area contributed by atoms with Crippen LogP contribution in [0.5, 0.6) is 0 Å². The molecule has 0 aromatic carbocycles. The van der Waals surface area contributed by atoms with E-state index in [0.717, 1.165) is 0 Å². The van der Waals surface area contributed by atoms with Gasteiger partial charge in [0.2, 0.25) is 10.0 Å². The van der Waals surface area contributed by atoms with Crippen molar-refractivity contribution in [3.63, 3.8) is 0 Å². The Morgan fingerprint density at radius 2 is 1.93 bits per heavy atom. The lowest BCUT2D eigenvalue weighted by atomic mass is 10.3. The molecule has 0 saturated heterocycles. The molecule has 0 aromatic heterocycles. The highest BCUT2D eigenvalue weighted by Crippen LogP contribution is 2.21. The SMILES string of the molecule is C[C@H](CN)NS(=O)(=O)CCCC(F)(F)F. The molecular weight excluding hydrogens is 233 g/mol. The summed E-state index contributed by atoms with van der Waals surface area (Å²) >= 11 is 0. The van der Waals surface area contributed by atoms with Crippen molar-refractivity contribution in [3.8, 4) is 0 Å². The van der Waals surface area contributed by atoms with Crippen molar-refractivity contribution in [2.24, 2.45) is 5.73 Å². The Morgan fingerprint density at radius 3 is 2.33 bits per heavy atom. The van der Waals surface area contributed by atoms with Gasteiger partial charge in [0, 0.05) is 19.0 Å². The van der Waals surface area contributed by atoms with Crippen LogP contribution in [0.15, 0.2) is 0 Å². The van der Waals surface area contributed by atoms with Crippen LogP contribution in [0.2, 0.25) is 0 Å². The first-order chi connectivity index (χ1) is 6.66. The van der Waals surface area contributed by atoms with Crippen LogP contribution in [-0.2, 0) is 10.0 Å². The minimum Gasteiger partial charge on any atom is -0.329 e. The Kier molecular flexibility index (Phi) is 5.54. The lowest BCUT2D eigenvalue weighted by molar-refractivity contribution is -0.134. The van der Waals surface area contributed by atoms with E-state index in [1.54, 1.807) is 6.92 Å². The van der Waals surface area contributed by atoms with Gasteiger partial charge in [0.15, 0.2) is 0 Å². The summed E-state index contributed by atoms with van der Waals surface area (Å²) in [5.74, 6) is -0.531. The quantitative estimate of drug-likeness (QED) is 0.723. The maximum atomic E-state index is 11.7. The molecule has 0 bridgehead atoms. The summed E-state index contributed by atoms with van der Waals surface area (Å²) in [7, 11) is -3.65. The molecule has 0 spiro atoms. The van der Waals surface area contributed by atoms with Crippen molar-refractivity contribution in [1.29, 1.82) is 0 Å². The molecule has 1 atom stereocenters. The molecule has 0 heterocycles. The van der Waals surface area contributed by atoms with E-state index in [1.807, 2.05) is 0 Å². The van der Waals surface area contributed by atoms with Crippen LogP contribution in [0.1, 0.15) is 19.8 Å². The van der Waals surface area contributed by atoms with Gasteiger partial charge in [0.25, 0.3) is 0 Å². The Bertz CT molecular complexity index is 276. The highest BCUT2D eigenvalue weighted by molar-refractivity contribution is 7.89. The van der Waals surface area contributed by atoms with Crippen molar-refractivity contribution < 1.29 is 21.6 Å². The summed E-state index contributed by atoms with van der Waals surface area (Å²) < 4.78 is 59.6. The highest BCUT2D eigenvalue weighted by Gasteiger charge is 2.27. The smallest absolute Gasteiger partial charge is 0.329 e. The molecule has 0 saturated carbocycles. The lowest BCUT2D eigenvalue weighted by Crippen LogP contribution is -2.39. The molecule has 4 nitrogen and oxygen atoms in total. The largest absolute Gasteiger partial charge is 0.389 e. The monoisotopic (exact) mass is 248 g/mol. The van der Waals surface area contributed by atoms with Gasteiger partial charge < -0.3 is 5.73 Å². The van der Waals surface area contributed by atoms with Crippen LogP contribution in [0.4, 0.5) is 13.2 Å². The number of rotatable bonds is 6. The van der Waals surface area contributed by atoms with Gasteiger partial charge in [0.1, 0.15) is 0 Å². The molecule has 0 fully saturated rings. The maximum Gasteiger partial charge on any atom is 0.389 e. The molecule has 15 heavy (non-hydrogen) atoms. The predicted octanol–water partition coefficient (Wildman–Crippen LogP) is 0.596. The van der Waals surface area contributed by atoms with Gasteiger partial charge in [0.05, 0.1) is 5.75 Å². The normalized spacial score (nSPS) is 15.3. The summed E-state index contributed by atoms with van der Waals surface area (Å²) in [6, 6.07) is -0.458. The lowest BCUT2D eigenvalue weighted by Gasteiger charge is -2.12.